The van der Waals surface area contributed by atoms with Gasteiger partial charge in [0.25, 0.3) is 0 Å². The molecule has 2 rings (SSSR count). The summed E-state index contributed by atoms with van der Waals surface area (Å²) in [5.41, 5.74) is 5.95. The van der Waals surface area contributed by atoms with Crippen molar-refractivity contribution in [2.24, 2.45) is 16.8 Å². The van der Waals surface area contributed by atoms with E-state index in [1.807, 2.05) is 0 Å². The minimum Gasteiger partial charge on any atom is -0.493 e. The molecule has 1 aliphatic rings. The van der Waals surface area contributed by atoms with Gasteiger partial charge in [0.15, 0.2) is 5.84 Å². The van der Waals surface area contributed by atoms with E-state index >= 15 is 0 Å². The van der Waals surface area contributed by atoms with Crippen LogP contribution in [0.4, 0.5) is 0 Å². The third-order valence-corrected chi connectivity index (χ3v) is 2.82. The second-order valence-corrected chi connectivity index (χ2v) is 4.29. The van der Waals surface area contributed by atoms with Crippen LogP contribution in [0.15, 0.2) is 23.4 Å². The number of nitrogens with zero attached hydrogens (tertiary/aromatic N) is 1. The van der Waals surface area contributed by atoms with Crippen molar-refractivity contribution in [2.75, 3.05) is 6.61 Å². The molecule has 1 saturated carbocycles. The largest absolute Gasteiger partial charge is 0.493 e. The minimum absolute atomic E-state index is 0.00116. The van der Waals surface area contributed by atoms with E-state index in [4.69, 9.17) is 27.3 Å². The third-order valence-electron chi connectivity index (χ3n) is 2.51. The average Bonchev–Trinajstić information content (AvgIpc) is 3.09. The van der Waals surface area contributed by atoms with Gasteiger partial charge in [-0.15, -0.1) is 0 Å². The van der Waals surface area contributed by atoms with E-state index < -0.39 is 0 Å². The first-order valence-corrected chi connectivity index (χ1v) is 5.48. The zero-order chi connectivity index (χ0) is 11.5. The zero-order valence-corrected chi connectivity index (χ0v) is 9.44. The highest BCUT2D eigenvalue weighted by molar-refractivity contribution is 6.34. The Morgan fingerprint density at radius 2 is 2.31 bits per heavy atom. The van der Waals surface area contributed by atoms with Crippen LogP contribution >= 0.6 is 11.6 Å². The van der Waals surface area contributed by atoms with Crippen molar-refractivity contribution in [3.63, 3.8) is 0 Å². The van der Waals surface area contributed by atoms with Crippen molar-refractivity contribution >= 4 is 17.4 Å². The Morgan fingerprint density at radius 1 is 1.56 bits per heavy atom. The number of halogens is 1. The lowest BCUT2D eigenvalue weighted by atomic mass is 10.2. The molecule has 5 heteroatoms. The van der Waals surface area contributed by atoms with Gasteiger partial charge in [-0.2, -0.15) is 0 Å². The van der Waals surface area contributed by atoms with E-state index in [0.717, 1.165) is 6.61 Å². The number of hydrogen-bond donors (Lipinski definition) is 2. The van der Waals surface area contributed by atoms with Gasteiger partial charge in [0.1, 0.15) is 5.75 Å². The van der Waals surface area contributed by atoms with Gasteiger partial charge in [0.2, 0.25) is 0 Å². The van der Waals surface area contributed by atoms with E-state index in [-0.39, 0.29) is 5.84 Å². The molecule has 0 amide bonds. The van der Waals surface area contributed by atoms with Crippen molar-refractivity contribution in [3.05, 3.63) is 28.8 Å². The van der Waals surface area contributed by atoms with E-state index in [2.05, 4.69) is 5.16 Å². The van der Waals surface area contributed by atoms with Crippen molar-refractivity contribution in [2.45, 2.75) is 12.8 Å². The maximum Gasteiger partial charge on any atom is 0.171 e. The van der Waals surface area contributed by atoms with Gasteiger partial charge >= 0.3 is 0 Å². The summed E-state index contributed by atoms with van der Waals surface area (Å²) in [4.78, 5) is 0. The Morgan fingerprint density at radius 3 is 2.88 bits per heavy atom. The number of rotatable bonds is 4. The highest BCUT2D eigenvalue weighted by Crippen LogP contribution is 2.30. The molecule has 0 saturated heterocycles. The molecule has 86 valence electrons. The Hall–Kier alpha value is -1.42. The Labute approximate surface area is 98.7 Å². The molecule has 1 aromatic rings. The molecule has 0 radical (unpaired) electrons. The molecule has 1 fully saturated rings. The Bertz CT molecular complexity index is 416. The average molecular weight is 241 g/mol. The predicted molar refractivity (Wildman–Crippen MR) is 62.2 cm³/mol. The van der Waals surface area contributed by atoms with Crippen LogP contribution in [0.5, 0.6) is 5.75 Å². The summed E-state index contributed by atoms with van der Waals surface area (Å²) in [5.74, 6) is 1.41. The van der Waals surface area contributed by atoms with E-state index in [1.54, 1.807) is 18.2 Å². The number of amidine groups is 1. The van der Waals surface area contributed by atoms with Crippen LogP contribution in [0.1, 0.15) is 18.4 Å². The molecule has 0 bridgehead atoms. The van der Waals surface area contributed by atoms with E-state index in [9.17, 15) is 0 Å². The second-order valence-electron chi connectivity index (χ2n) is 3.88. The highest BCUT2D eigenvalue weighted by Gasteiger charge is 2.22. The molecular formula is C11H13ClN2O2. The normalized spacial score (nSPS) is 16.2. The summed E-state index contributed by atoms with van der Waals surface area (Å²) in [7, 11) is 0. The highest BCUT2D eigenvalue weighted by atomic mass is 35.5. The minimum atomic E-state index is -0.00116. The molecule has 0 spiro atoms. The fourth-order valence-electron chi connectivity index (χ4n) is 1.35. The molecule has 3 N–H and O–H groups in total. The maximum atomic E-state index is 8.54. The fraction of sp³-hybridized carbons (Fsp3) is 0.364. The van der Waals surface area contributed by atoms with Crippen molar-refractivity contribution in [3.8, 4) is 5.75 Å². The van der Waals surface area contributed by atoms with Gasteiger partial charge in [0, 0.05) is 5.56 Å². The van der Waals surface area contributed by atoms with Crippen LogP contribution in [0.25, 0.3) is 0 Å². The van der Waals surface area contributed by atoms with Crippen LogP contribution in [-0.4, -0.2) is 17.6 Å². The molecule has 0 unspecified atom stereocenters. The summed E-state index contributed by atoms with van der Waals surface area (Å²) in [6.07, 6.45) is 2.49. The van der Waals surface area contributed by atoms with Crippen LogP contribution < -0.4 is 10.5 Å². The second kappa shape index (κ2) is 4.61. The zero-order valence-electron chi connectivity index (χ0n) is 8.69. The molecule has 16 heavy (non-hydrogen) atoms. The van der Waals surface area contributed by atoms with Gasteiger partial charge in [0.05, 0.1) is 11.6 Å². The lowest BCUT2D eigenvalue weighted by molar-refractivity contribution is 0.300. The Balaban J connectivity index is 2.08. The van der Waals surface area contributed by atoms with Crippen LogP contribution in [0.3, 0.4) is 0 Å². The molecule has 0 aliphatic heterocycles. The summed E-state index contributed by atoms with van der Waals surface area (Å²) in [6, 6.07) is 5.12. The molecule has 1 aromatic carbocycles. The Kier molecular flexibility index (Phi) is 3.19. The van der Waals surface area contributed by atoms with Gasteiger partial charge < -0.3 is 15.7 Å². The first kappa shape index (κ1) is 11.1. The van der Waals surface area contributed by atoms with Gasteiger partial charge in [-0.25, -0.2) is 0 Å². The first-order chi connectivity index (χ1) is 7.70. The number of ether oxygens (including phenoxy) is 1. The van der Waals surface area contributed by atoms with Gasteiger partial charge in [-0.05, 0) is 37.0 Å². The van der Waals surface area contributed by atoms with Crippen molar-refractivity contribution in [1.29, 1.82) is 0 Å². The van der Waals surface area contributed by atoms with E-state index in [0.29, 0.717) is 22.3 Å². The molecule has 0 heterocycles. The first-order valence-electron chi connectivity index (χ1n) is 5.11. The summed E-state index contributed by atoms with van der Waals surface area (Å²) in [6.45, 7) is 0.735. The standard InChI is InChI=1S/C11H13ClN2O2/c12-10-5-8(16-6-7-1-2-7)3-4-9(10)11(13)14-15/h3-5,7,15H,1-2,6H2,(H2,13,14). The SMILES string of the molecule is NC(=NO)c1ccc(OCC2CC2)cc1Cl. The van der Waals surface area contributed by atoms with Crippen molar-refractivity contribution in [1.82, 2.24) is 0 Å². The summed E-state index contributed by atoms with van der Waals surface area (Å²) >= 11 is 5.98. The van der Waals surface area contributed by atoms with E-state index in [1.165, 1.54) is 12.8 Å². The lowest BCUT2D eigenvalue weighted by Gasteiger charge is -2.07. The molecule has 0 aromatic heterocycles. The fourth-order valence-corrected chi connectivity index (χ4v) is 1.61. The maximum absolute atomic E-state index is 8.54. The van der Waals surface area contributed by atoms with Crippen LogP contribution in [0, 0.1) is 5.92 Å². The monoisotopic (exact) mass is 240 g/mol. The summed E-state index contributed by atoms with van der Waals surface area (Å²) < 4.78 is 5.55. The topological polar surface area (TPSA) is 67.8 Å². The van der Waals surface area contributed by atoms with Crippen LogP contribution in [-0.2, 0) is 0 Å². The summed E-state index contributed by atoms with van der Waals surface area (Å²) in [5, 5.41) is 11.9. The van der Waals surface area contributed by atoms with Crippen molar-refractivity contribution < 1.29 is 9.94 Å². The molecule has 1 aliphatic carbocycles. The number of nitrogens with two attached hydrogens (primary N) is 1. The molecule has 4 nitrogen and oxygen atoms in total. The van der Waals surface area contributed by atoms with Gasteiger partial charge in [-0.3, -0.25) is 0 Å². The number of hydrogen-bond acceptors (Lipinski definition) is 3. The third kappa shape index (κ3) is 2.58. The predicted octanol–water partition coefficient (Wildman–Crippen LogP) is 2.22. The quantitative estimate of drug-likeness (QED) is 0.367. The van der Waals surface area contributed by atoms with Gasteiger partial charge in [-0.1, -0.05) is 16.8 Å². The number of oxime groups is 1. The molecular weight excluding hydrogens is 228 g/mol. The van der Waals surface area contributed by atoms with Crippen LogP contribution in [0.2, 0.25) is 5.02 Å². The lowest BCUT2D eigenvalue weighted by Crippen LogP contribution is -2.13. The molecule has 0 atom stereocenters. The number of benzene rings is 1. The smallest absolute Gasteiger partial charge is 0.171 e.